The van der Waals surface area contributed by atoms with Crippen LogP contribution in [0.4, 0.5) is 11.5 Å². The SMILES string of the molecule is Nc1c(-c2ccoc2)cc(-c2cccs2)nc1NCc1ccc(C2=NNNN2)cc1. The maximum absolute atomic E-state index is 6.47. The number of nitrogens with one attached hydrogen (secondary N) is 4. The third-order valence-corrected chi connectivity index (χ3v) is 5.65. The first kappa shape index (κ1) is 18.2. The average Bonchev–Trinajstić information content (AvgIpc) is 3.57. The summed E-state index contributed by atoms with van der Waals surface area (Å²) in [6, 6.07) is 16.1. The molecule has 0 amide bonds. The molecule has 5 rings (SSSR count). The molecule has 0 aliphatic carbocycles. The Labute approximate surface area is 176 Å². The molecule has 4 heterocycles. The first-order valence-corrected chi connectivity index (χ1v) is 10.2. The van der Waals surface area contributed by atoms with Gasteiger partial charge in [-0.2, -0.15) is 0 Å². The molecule has 0 radical (unpaired) electrons. The number of nitrogens with zero attached hydrogens (tertiary/aromatic N) is 2. The molecule has 1 aromatic carbocycles. The lowest BCUT2D eigenvalue weighted by atomic mass is 10.1. The topological polar surface area (TPSA) is 113 Å². The number of pyridine rings is 1. The minimum absolute atomic E-state index is 0.590. The zero-order valence-corrected chi connectivity index (χ0v) is 16.7. The second kappa shape index (κ2) is 7.90. The van der Waals surface area contributed by atoms with Crippen molar-refractivity contribution in [1.29, 1.82) is 0 Å². The van der Waals surface area contributed by atoms with Gasteiger partial charge in [0.25, 0.3) is 0 Å². The molecule has 0 spiro atoms. The molecular weight excluding hydrogens is 398 g/mol. The van der Waals surface area contributed by atoms with Crippen LogP contribution in [-0.4, -0.2) is 10.8 Å². The first-order valence-electron chi connectivity index (χ1n) is 9.32. The number of amidine groups is 1. The fourth-order valence-electron chi connectivity index (χ4n) is 3.20. The number of aromatic nitrogens is 1. The molecule has 0 bridgehead atoms. The number of hydrazone groups is 1. The Bertz CT molecular complexity index is 1170. The Morgan fingerprint density at radius 1 is 1.10 bits per heavy atom. The van der Waals surface area contributed by atoms with Gasteiger partial charge in [-0.3, -0.25) is 5.43 Å². The van der Waals surface area contributed by atoms with Crippen LogP contribution in [0.3, 0.4) is 0 Å². The Balaban J connectivity index is 1.42. The van der Waals surface area contributed by atoms with E-state index in [0.29, 0.717) is 18.1 Å². The summed E-state index contributed by atoms with van der Waals surface area (Å²) in [4.78, 5) is 5.86. The van der Waals surface area contributed by atoms with Crippen LogP contribution in [0.15, 0.2) is 76.0 Å². The number of nitrogens with two attached hydrogens (primary N) is 1. The van der Waals surface area contributed by atoms with E-state index in [1.807, 2.05) is 53.9 Å². The largest absolute Gasteiger partial charge is 0.472 e. The monoisotopic (exact) mass is 417 g/mol. The molecule has 0 saturated heterocycles. The first-order chi connectivity index (χ1) is 14.8. The van der Waals surface area contributed by atoms with Crippen LogP contribution in [0.25, 0.3) is 21.7 Å². The van der Waals surface area contributed by atoms with Crippen LogP contribution >= 0.6 is 11.3 Å². The molecule has 3 aromatic heterocycles. The van der Waals surface area contributed by atoms with Crippen LogP contribution in [0.2, 0.25) is 0 Å². The van der Waals surface area contributed by atoms with Crippen molar-refractivity contribution in [3.63, 3.8) is 0 Å². The van der Waals surface area contributed by atoms with Gasteiger partial charge >= 0.3 is 0 Å². The van der Waals surface area contributed by atoms with Gasteiger partial charge < -0.3 is 15.5 Å². The fourth-order valence-corrected chi connectivity index (χ4v) is 3.88. The van der Waals surface area contributed by atoms with Gasteiger partial charge in [0.05, 0.1) is 28.8 Å². The van der Waals surface area contributed by atoms with E-state index in [9.17, 15) is 0 Å². The molecular formula is C21H19N7OS. The number of benzene rings is 1. The Hall–Kier alpha value is -3.82. The van der Waals surface area contributed by atoms with Crippen LogP contribution in [0, 0.1) is 0 Å². The third-order valence-electron chi connectivity index (χ3n) is 4.76. The summed E-state index contributed by atoms with van der Waals surface area (Å²) < 4.78 is 5.26. The van der Waals surface area contributed by atoms with E-state index in [1.54, 1.807) is 23.9 Å². The van der Waals surface area contributed by atoms with Gasteiger partial charge in [0, 0.05) is 23.2 Å². The molecule has 9 heteroatoms. The zero-order valence-electron chi connectivity index (χ0n) is 15.8. The normalized spacial score (nSPS) is 12.9. The predicted molar refractivity (Wildman–Crippen MR) is 119 cm³/mol. The molecule has 0 saturated carbocycles. The molecule has 1 aliphatic rings. The minimum Gasteiger partial charge on any atom is -0.472 e. The van der Waals surface area contributed by atoms with Crippen LogP contribution in [0.5, 0.6) is 0 Å². The van der Waals surface area contributed by atoms with Gasteiger partial charge in [0.1, 0.15) is 0 Å². The lowest BCUT2D eigenvalue weighted by Gasteiger charge is -2.14. The van der Waals surface area contributed by atoms with E-state index < -0.39 is 0 Å². The molecule has 4 aromatic rings. The van der Waals surface area contributed by atoms with E-state index in [0.717, 1.165) is 38.7 Å². The van der Waals surface area contributed by atoms with Gasteiger partial charge in [0.15, 0.2) is 11.7 Å². The number of nitrogen functional groups attached to an aromatic ring is 1. The van der Waals surface area contributed by atoms with Crippen LogP contribution < -0.4 is 27.5 Å². The highest BCUT2D eigenvalue weighted by molar-refractivity contribution is 7.13. The minimum atomic E-state index is 0.590. The summed E-state index contributed by atoms with van der Waals surface area (Å²) in [6.45, 7) is 0.590. The molecule has 0 fully saturated rings. The van der Waals surface area contributed by atoms with E-state index in [-0.39, 0.29) is 0 Å². The number of thiophene rings is 1. The van der Waals surface area contributed by atoms with Gasteiger partial charge in [-0.05, 0) is 29.1 Å². The van der Waals surface area contributed by atoms with Gasteiger partial charge in [-0.15, -0.1) is 22.0 Å². The second-order valence-corrected chi connectivity index (χ2v) is 7.63. The Morgan fingerprint density at radius 2 is 2.00 bits per heavy atom. The highest BCUT2D eigenvalue weighted by Gasteiger charge is 2.14. The summed E-state index contributed by atoms with van der Waals surface area (Å²) in [6.07, 6.45) is 3.33. The Morgan fingerprint density at radius 3 is 2.70 bits per heavy atom. The molecule has 30 heavy (non-hydrogen) atoms. The van der Waals surface area contributed by atoms with E-state index >= 15 is 0 Å². The summed E-state index contributed by atoms with van der Waals surface area (Å²) >= 11 is 1.64. The average molecular weight is 417 g/mol. The molecule has 1 aliphatic heterocycles. The number of rotatable bonds is 6. The molecule has 150 valence electrons. The van der Waals surface area contributed by atoms with E-state index in [2.05, 4.69) is 26.9 Å². The summed E-state index contributed by atoms with van der Waals surface area (Å²) in [5.74, 6) is 1.39. The fraction of sp³-hybridized carbons (Fsp3) is 0.0476. The maximum Gasteiger partial charge on any atom is 0.170 e. The Kier molecular flexibility index (Phi) is 4.80. The van der Waals surface area contributed by atoms with Crippen molar-refractivity contribution >= 4 is 28.7 Å². The van der Waals surface area contributed by atoms with Gasteiger partial charge in [-0.1, -0.05) is 30.3 Å². The van der Waals surface area contributed by atoms with Crippen molar-refractivity contribution < 1.29 is 4.42 Å². The van der Waals surface area contributed by atoms with Crippen molar-refractivity contribution in [2.45, 2.75) is 6.54 Å². The van der Waals surface area contributed by atoms with E-state index in [1.165, 1.54) is 0 Å². The summed E-state index contributed by atoms with van der Waals surface area (Å²) in [5, 5.41) is 9.53. The molecule has 8 nitrogen and oxygen atoms in total. The molecule has 6 N–H and O–H groups in total. The number of hydrazine groups is 2. The molecule has 0 atom stereocenters. The third kappa shape index (κ3) is 3.59. The number of hydrogen-bond acceptors (Lipinski definition) is 9. The van der Waals surface area contributed by atoms with Crippen molar-refractivity contribution in [2.75, 3.05) is 11.1 Å². The van der Waals surface area contributed by atoms with Gasteiger partial charge in [0.2, 0.25) is 0 Å². The van der Waals surface area contributed by atoms with Crippen LogP contribution in [-0.2, 0) is 6.54 Å². The summed E-state index contributed by atoms with van der Waals surface area (Å²) in [7, 11) is 0. The zero-order chi connectivity index (χ0) is 20.3. The lowest BCUT2D eigenvalue weighted by molar-refractivity contribution is 0.568. The number of furan rings is 1. The summed E-state index contributed by atoms with van der Waals surface area (Å²) in [5.41, 5.74) is 20.2. The second-order valence-electron chi connectivity index (χ2n) is 6.68. The standard InChI is InChI=1S/C21H19N7OS/c22-19-16(15-7-8-29-12-15)10-17(18-2-1-9-30-18)24-21(19)23-11-13-3-5-14(6-4-13)20-25-27-28-26-20/h1-10,12,27-28H,11,22H2,(H,23,24)(H,25,26). The molecule has 0 unspecified atom stereocenters. The maximum atomic E-state index is 6.47. The quantitative estimate of drug-likeness (QED) is 0.326. The highest BCUT2D eigenvalue weighted by atomic mass is 32.1. The van der Waals surface area contributed by atoms with Crippen molar-refractivity contribution in [3.05, 3.63) is 77.6 Å². The van der Waals surface area contributed by atoms with Gasteiger partial charge in [-0.25, -0.2) is 10.5 Å². The highest BCUT2D eigenvalue weighted by Crippen LogP contribution is 2.36. The number of hydrogen-bond donors (Lipinski definition) is 5. The lowest BCUT2D eigenvalue weighted by Crippen LogP contribution is -2.35. The predicted octanol–water partition coefficient (Wildman–Crippen LogP) is 3.54. The van der Waals surface area contributed by atoms with Crippen molar-refractivity contribution in [1.82, 2.24) is 21.5 Å². The van der Waals surface area contributed by atoms with E-state index in [4.69, 9.17) is 15.1 Å². The van der Waals surface area contributed by atoms with Crippen molar-refractivity contribution in [3.8, 4) is 21.7 Å². The van der Waals surface area contributed by atoms with Crippen LogP contribution in [0.1, 0.15) is 11.1 Å². The smallest absolute Gasteiger partial charge is 0.170 e. The van der Waals surface area contributed by atoms with Crippen molar-refractivity contribution in [2.24, 2.45) is 5.10 Å². The number of anilines is 2.